The summed E-state index contributed by atoms with van der Waals surface area (Å²) < 4.78 is 0. The first-order valence-corrected chi connectivity index (χ1v) is 7.73. The van der Waals surface area contributed by atoms with Crippen molar-refractivity contribution in [3.8, 4) is 0 Å². The number of benzene rings is 2. The second-order valence-corrected chi connectivity index (χ2v) is 8.11. The molecule has 0 amide bonds. The third-order valence-electron chi connectivity index (χ3n) is 4.30. The lowest BCUT2D eigenvalue weighted by Crippen LogP contribution is -2.11. The second-order valence-electron chi connectivity index (χ2n) is 8.11. The Morgan fingerprint density at radius 1 is 0.762 bits per heavy atom. The topological polar surface area (TPSA) is 15.8 Å². The molecule has 0 fully saturated rings. The van der Waals surface area contributed by atoms with E-state index in [-0.39, 0.29) is 10.8 Å². The highest BCUT2D eigenvalue weighted by Crippen LogP contribution is 2.36. The first-order valence-electron chi connectivity index (χ1n) is 7.73. The maximum absolute atomic E-state index is 3.60. The molecule has 2 aromatic carbocycles. The monoisotopic (exact) mass is 279 g/mol. The minimum Gasteiger partial charge on any atom is -0.354 e. The highest BCUT2D eigenvalue weighted by atomic mass is 14.7. The van der Waals surface area contributed by atoms with E-state index in [1.165, 1.54) is 32.9 Å². The lowest BCUT2D eigenvalue weighted by molar-refractivity contribution is 0.591. The van der Waals surface area contributed by atoms with Crippen LogP contribution < -0.4 is 0 Å². The molecule has 0 aliphatic rings. The molecule has 0 aliphatic heterocycles. The van der Waals surface area contributed by atoms with Crippen molar-refractivity contribution in [3.05, 3.63) is 47.5 Å². The fraction of sp³-hybridized carbons (Fsp3) is 0.400. The summed E-state index contributed by atoms with van der Waals surface area (Å²) in [6.07, 6.45) is 0. The van der Waals surface area contributed by atoms with E-state index in [9.17, 15) is 0 Å². The highest BCUT2D eigenvalue weighted by Gasteiger charge is 2.20. The molecule has 0 atom stereocenters. The Hall–Kier alpha value is -1.76. The summed E-state index contributed by atoms with van der Waals surface area (Å²) in [7, 11) is 0. The summed E-state index contributed by atoms with van der Waals surface area (Å²) in [6.45, 7) is 13.6. The summed E-state index contributed by atoms with van der Waals surface area (Å²) in [5, 5.41) is 2.71. The smallest absolute Gasteiger partial charge is 0.0467 e. The van der Waals surface area contributed by atoms with Crippen molar-refractivity contribution in [2.75, 3.05) is 0 Å². The Morgan fingerprint density at radius 2 is 1.48 bits per heavy atom. The third-order valence-corrected chi connectivity index (χ3v) is 4.30. The Balaban J connectivity index is 2.37. The van der Waals surface area contributed by atoms with Gasteiger partial charge in [0.25, 0.3) is 0 Å². The molecule has 3 rings (SSSR count). The molecular weight excluding hydrogens is 254 g/mol. The van der Waals surface area contributed by atoms with E-state index >= 15 is 0 Å². The summed E-state index contributed by atoms with van der Waals surface area (Å²) in [5.74, 6) is 0. The average molecular weight is 279 g/mol. The van der Waals surface area contributed by atoms with Gasteiger partial charge in [-0.25, -0.2) is 0 Å². The van der Waals surface area contributed by atoms with Crippen LogP contribution in [-0.2, 0) is 10.8 Å². The van der Waals surface area contributed by atoms with Gasteiger partial charge in [0.15, 0.2) is 0 Å². The highest BCUT2D eigenvalue weighted by molar-refractivity contribution is 6.09. The van der Waals surface area contributed by atoms with Gasteiger partial charge in [-0.3, -0.25) is 0 Å². The Morgan fingerprint density at radius 3 is 2.10 bits per heavy atom. The van der Waals surface area contributed by atoms with E-state index in [1.807, 2.05) is 0 Å². The molecule has 110 valence electrons. The van der Waals surface area contributed by atoms with Crippen LogP contribution >= 0.6 is 0 Å². The van der Waals surface area contributed by atoms with Gasteiger partial charge in [-0.2, -0.15) is 0 Å². The van der Waals surface area contributed by atoms with Crippen molar-refractivity contribution in [1.82, 2.24) is 4.98 Å². The third kappa shape index (κ3) is 2.35. The number of hydrogen-bond acceptors (Lipinski definition) is 0. The largest absolute Gasteiger partial charge is 0.354 e. The quantitative estimate of drug-likeness (QED) is 0.526. The number of rotatable bonds is 0. The van der Waals surface area contributed by atoms with Crippen LogP contribution in [0.25, 0.3) is 21.8 Å². The maximum atomic E-state index is 3.60. The predicted molar refractivity (Wildman–Crippen MR) is 93.2 cm³/mol. The lowest BCUT2D eigenvalue weighted by atomic mass is 9.83. The molecule has 0 radical (unpaired) electrons. The van der Waals surface area contributed by atoms with Gasteiger partial charge in [0.2, 0.25) is 0 Å². The molecule has 1 nitrogen and oxygen atoms in total. The van der Waals surface area contributed by atoms with Crippen LogP contribution in [0.5, 0.6) is 0 Å². The molecule has 0 unspecified atom stereocenters. The lowest BCUT2D eigenvalue weighted by Gasteiger charge is -2.21. The number of aromatic amines is 1. The average Bonchev–Trinajstić information content (AvgIpc) is 2.73. The molecule has 0 saturated heterocycles. The van der Waals surface area contributed by atoms with Crippen LogP contribution in [-0.4, -0.2) is 4.98 Å². The van der Waals surface area contributed by atoms with E-state index in [0.717, 1.165) is 0 Å². The first-order chi connectivity index (χ1) is 9.68. The van der Waals surface area contributed by atoms with Crippen LogP contribution in [0.3, 0.4) is 0 Å². The molecule has 0 bridgehead atoms. The molecule has 1 aromatic heterocycles. The molecule has 1 heteroatoms. The molecular formula is C20H25N. The van der Waals surface area contributed by atoms with Crippen LogP contribution in [0.15, 0.2) is 36.4 Å². The van der Waals surface area contributed by atoms with Gasteiger partial charge in [0.1, 0.15) is 0 Å². The van der Waals surface area contributed by atoms with Crippen molar-refractivity contribution < 1.29 is 0 Å². The zero-order valence-electron chi connectivity index (χ0n) is 14.0. The van der Waals surface area contributed by atoms with Crippen molar-refractivity contribution in [2.24, 2.45) is 0 Å². The van der Waals surface area contributed by atoms with Crippen molar-refractivity contribution in [2.45, 2.75) is 52.4 Å². The number of aromatic nitrogens is 1. The maximum Gasteiger partial charge on any atom is 0.0467 e. The van der Waals surface area contributed by atoms with E-state index < -0.39 is 0 Å². The SMILES string of the molecule is CC(C)(C)c1ccc2c(c1)[nH]c1cccc(C(C)(C)C)c12. The molecule has 1 heterocycles. The first kappa shape index (κ1) is 14.2. The molecule has 0 aliphatic carbocycles. The van der Waals surface area contributed by atoms with Crippen molar-refractivity contribution in [3.63, 3.8) is 0 Å². The predicted octanol–water partition coefficient (Wildman–Crippen LogP) is 5.92. The molecule has 0 spiro atoms. The number of H-pyrrole nitrogens is 1. The number of hydrogen-bond donors (Lipinski definition) is 1. The summed E-state index contributed by atoms with van der Waals surface area (Å²) in [6, 6.07) is 13.5. The van der Waals surface area contributed by atoms with Gasteiger partial charge < -0.3 is 4.98 Å². The van der Waals surface area contributed by atoms with Gasteiger partial charge in [0, 0.05) is 21.8 Å². The summed E-state index contributed by atoms with van der Waals surface area (Å²) in [4.78, 5) is 3.60. The van der Waals surface area contributed by atoms with Crippen LogP contribution in [0.4, 0.5) is 0 Å². The second kappa shape index (κ2) is 4.37. The molecule has 0 saturated carbocycles. The Labute approximate surface area is 127 Å². The Kier molecular flexibility index (Phi) is 2.95. The summed E-state index contributed by atoms with van der Waals surface area (Å²) in [5.41, 5.74) is 5.60. The van der Waals surface area contributed by atoms with Gasteiger partial charge in [-0.05, 0) is 34.1 Å². The molecule has 1 N–H and O–H groups in total. The van der Waals surface area contributed by atoms with Crippen LogP contribution in [0.1, 0.15) is 52.7 Å². The molecule has 3 aromatic rings. The van der Waals surface area contributed by atoms with Crippen molar-refractivity contribution >= 4 is 21.8 Å². The van der Waals surface area contributed by atoms with Crippen molar-refractivity contribution in [1.29, 1.82) is 0 Å². The summed E-state index contributed by atoms with van der Waals surface area (Å²) >= 11 is 0. The number of fused-ring (bicyclic) bond motifs is 3. The van der Waals surface area contributed by atoms with E-state index in [0.29, 0.717) is 0 Å². The van der Waals surface area contributed by atoms with E-state index in [4.69, 9.17) is 0 Å². The minimum atomic E-state index is 0.150. The standard InChI is InChI=1S/C20H25N/c1-19(2,3)13-10-11-14-17(12-13)21-16-9-7-8-15(18(14)16)20(4,5)6/h7-12,21H,1-6H3. The molecule has 21 heavy (non-hydrogen) atoms. The van der Waals surface area contributed by atoms with E-state index in [2.05, 4.69) is 82.9 Å². The number of nitrogens with one attached hydrogen (secondary N) is 1. The Bertz CT molecular complexity index is 807. The zero-order valence-corrected chi connectivity index (χ0v) is 14.0. The minimum absolute atomic E-state index is 0.150. The van der Waals surface area contributed by atoms with E-state index in [1.54, 1.807) is 0 Å². The fourth-order valence-corrected chi connectivity index (χ4v) is 3.05. The van der Waals surface area contributed by atoms with Crippen LogP contribution in [0.2, 0.25) is 0 Å². The zero-order chi connectivity index (χ0) is 15.4. The van der Waals surface area contributed by atoms with Gasteiger partial charge >= 0.3 is 0 Å². The fourth-order valence-electron chi connectivity index (χ4n) is 3.05. The van der Waals surface area contributed by atoms with Gasteiger partial charge in [-0.1, -0.05) is 65.8 Å². The van der Waals surface area contributed by atoms with Crippen LogP contribution in [0, 0.1) is 0 Å². The van der Waals surface area contributed by atoms with Gasteiger partial charge in [0.05, 0.1) is 0 Å². The normalized spacial score (nSPS) is 13.2. The van der Waals surface area contributed by atoms with Gasteiger partial charge in [-0.15, -0.1) is 0 Å².